The van der Waals surface area contributed by atoms with Gasteiger partial charge >= 0.3 is 0 Å². The van der Waals surface area contributed by atoms with Gasteiger partial charge in [-0.2, -0.15) is 0 Å². The molecule has 1 saturated carbocycles. The number of Topliss-reactive ketones (excluding diaryl/α,β-unsaturated/α-hetero) is 1. The predicted molar refractivity (Wildman–Crippen MR) is 140 cm³/mol. The lowest BCUT2D eigenvalue weighted by Gasteiger charge is -2.38. The Kier molecular flexibility index (Phi) is 10.7. The van der Waals surface area contributed by atoms with Crippen molar-refractivity contribution in [1.82, 2.24) is 0 Å². The van der Waals surface area contributed by atoms with Crippen LogP contribution in [0.3, 0.4) is 0 Å². The first-order chi connectivity index (χ1) is 14.0. The van der Waals surface area contributed by atoms with Crippen LogP contribution in [0.25, 0.3) is 0 Å². The first-order valence-electron chi connectivity index (χ1n) is 12.9. The molecule has 0 aromatic rings. The van der Waals surface area contributed by atoms with Gasteiger partial charge in [-0.15, -0.1) is 0 Å². The molecule has 1 aliphatic rings. The number of rotatable bonds is 12. The van der Waals surface area contributed by atoms with Gasteiger partial charge in [0.1, 0.15) is 5.78 Å². The van der Waals surface area contributed by atoms with E-state index in [1.807, 2.05) is 0 Å². The summed E-state index contributed by atoms with van der Waals surface area (Å²) in [6, 6.07) is 0. The van der Waals surface area contributed by atoms with Gasteiger partial charge in [-0.05, 0) is 74.8 Å². The third-order valence-electron chi connectivity index (χ3n) is 8.54. The summed E-state index contributed by atoms with van der Waals surface area (Å²) >= 11 is 0. The highest BCUT2D eigenvalue weighted by molar-refractivity contribution is 6.74. The fourth-order valence-corrected chi connectivity index (χ4v) is 6.20. The lowest BCUT2D eigenvalue weighted by Crippen LogP contribution is -2.41. The van der Waals surface area contributed by atoms with E-state index < -0.39 is 16.6 Å². The van der Waals surface area contributed by atoms with E-state index in [0.29, 0.717) is 5.78 Å². The van der Waals surface area contributed by atoms with Crippen LogP contribution in [0.15, 0.2) is 0 Å². The zero-order valence-electron chi connectivity index (χ0n) is 22.7. The van der Waals surface area contributed by atoms with Crippen LogP contribution in [0, 0.1) is 5.41 Å². The molecule has 1 rings (SSSR count). The van der Waals surface area contributed by atoms with Crippen LogP contribution in [-0.2, 0) is 13.6 Å². The van der Waals surface area contributed by atoms with Crippen LogP contribution in [0.1, 0.15) is 106 Å². The Morgan fingerprint density at radius 3 is 1.52 bits per heavy atom. The molecular formula is C26H54O3Si2. The number of ketones is 1. The monoisotopic (exact) mass is 470 g/mol. The minimum absolute atomic E-state index is 0.0633. The van der Waals surface area contributed by atoms with Crippen molar-refractivity contribution in [3.8, 4) is 0 Å². The van der Waals surface area contributed by atoms with E-state index in [2.05, 4.69) is 67.7 Å². The van der Waals surface area contributed by atoms with E-state index in [0.717, 1.165) is 71.0 Å². The molecular weight excluding hydrogens is 416 g/mol. The molecule has 184 valence electrons. The van der Waals surface area contributed by atoms with Gasteiger partial charge in [0.25, 0.3) is 0 Å². The van der Waals surface area contributed by atoms with Gasteiger partial charge in [0.05, 0.1) is 0 Å². The van der Waals surface area contributed by atoms with Gasteiger partial charge in [0.15, 0.2) is 16.6 Å². The lowest BCUT2D eigenvalue weighted by molar-refractivity contribution is -0.132. The molecule has 0 aromatic carbocycles. The molecule has 0 radical (unpaired) electrons. The Labute approximate surface area is 196 Å². The average molecular weight is 471 g/mol. The van der Waals surface area contributed by atoms with Gasteiger partial charge in [-0.3, -0.25) is 4.79 Å². The maximum absolute atomic E-state index is 13.0. The highest BCUT2D eigenvalue weighted by atomic mass is 28.4. The van der Waals surface area contributed by atoms with E-state index in [1.165, 1.54) is 6.42 Å². The number of hydrogen-bond acceptors (Lipinski definition) is 3. The highest BCUT2D eigenvalue weighted by Gasteiger charge is 2.40. The van der Waals surface area contributed by atoms with Gasteiger partial charge in [-0.25, -0.2) is 0 Å². The maximum Gasteiger partial charge on any atom is 0.191 e. The summed E-state index contributed by atoms with van der Waals surface area (Å²) in [5.74, 6) is 0.536. The van der Waals surface area contributed by atoms with Crippen molar-refractivity contribution in [2.45, 2.75) is 142 Å². The number of carbonyl (C=O) groups is 1. The second-order valence-electron chi connectivity index (χ2n) is 13.0. The summed E-state index contributed by atoms with van der Waals surface area (Å²) in [6.45, 7) is 24.8. The Morgan fingerprint density at radius 1 is 0.742 bits per heavy atom. The van der Waals surface area contributed by atoms with Gasteiger partial charge in [0.2, 0.25) is 0 Å². The second kappa shape index (κ2) is 11.4. The van der Waals surface area contributed by atoms with Crippen molar-refractivity contribution < 1.29 is 13.6 Å². The molecule has 0 unspecified atom stereocenters. The topological polar surface area (TPSA) is 35.5 Å². The molecule has 0 aliphatic heterocycles. The normalized spacial score (nSPS) is 18.5. The highest BCUT2D eigenvalue weighted by Crippen LogP contribution is 2.43. The number of unbranched alkanes of at least 4 members (excludes halogenated alkanes) is 2. The van der Waals surface area contributed by atoms with Crippen molar-refractivity contribution in [1.29, 1.82) is 0 Å². The van der Waals surface area contributed by atoms with Crippen LogP contribution in [0.4, 0.5) is 0 Å². The number of hydrogen-bond donors (Lipinski definition) is 0. The fraction of sp³-hybridized carbons (Fsp3) is 0.962. The molecule has 5 heteroatoms. The quantitative estimate of drug-likeness (QED) is 0.212. The third-order valence-corrected chi connectivity index (χ3v) is 17.6. The largest absolute Gasteiger partial charge is 0.417 e. The van der Waals surface area contributed by atoms with E-state index in [9.17, 15) is 4.79 Å². The van der Waals surface area contributed by atoms with Gasteiger partial charge in [0, 0.05) is 25.0 Å². The van der Waals surface area contributed by atoms with Crippen molar-refractivity contribution in [3.63, 3.8) is 0 Å². The lowest BCUT2D eigenvalue weighted by atomic mass is 9.67. The van der Waals surface area contributed by atoms with E-state index in [1.54, 1.807) is 0 Å². The fourth-order valence-electron chi connectivity index (χ4n) is 4.03. The standard InChI is InChI=1S/C26H54O3Si2/c1-24(2,3)30(7,8)28-21-15-13-19-26(18-12-11-17-23(26)27)20-14-16-22-29-31(9,10)25(4,5)6/h11-22H2,1-10H3. The summed E-state index contributed by atoms with van der Waals surface area (Å²) in [6.07, 6.45) is 10.7. The predicted octanol–water partition coefficient (Wildman–Crippen LogP) is 8.50. The van der Waals surface area contributed by atoms with E-state index in [4.69, 9.17) is 8.85 Å². The molecule has 0 saturated heterocycles. The first-order valence-corrected chi connectivity index (χ1v) is 18.7. The Morgan fingerprint density at radius 2 is 1.16 bits per heavy atom. The molecule has 0 atom stereocenters. The molecule has 0 amide bonds. The summed E-state index contributed by atoms with van der Waals surface area (Å²) in [5, 5.41) is 0.528. The van der Waals surface area contributed by atoms with Crippen molar-refractivity contribution >= 4 is 22.4 Å². The first kappa shape index (κ1) is 29.1. The van der Waals surface area contributed by atoms with Crippen LogP contribution in [0.5, 0.6) is 0 Å². The summed E-state index contributed by atoms with van der Waals surface area (Å²) in [4.78, 5) is 13.0. The molecule has 31 heavy (non-hydrogen) atoms. The molecule has 0 heterocycles. The van der Waals surface area contributed by atoms with Crippen molar-refractivity contribution in [2.75, 3.05) is 13.2 Å². The maximum atomic E-state index is 13.0. The zero-order chi connectivity index (χ0) is 24.0. The molecule has 0 bridgehead atoms. The van der Waals surface area contributed by atoms with Crippen LogP contribution in [-0.4, -0.2) is 35.6 Å². The minimum Gasteiger partial charge on any atom is -0.417 e. The smallest absolute Gasteiger partial charge is 0.191 e. The zero-order valence-corrected chi connectivity index (χ0v) is 24.7. The number of carbonyl (C=O) groups excluding carboxylic acids is 1. The molecule has 0 aromatic heterocycles. The molecule has 0 N–H and O–H groups in total. The minimum atomic E-state index is -1.66. The van der Waals surface area contributed by atoms with Gasteiger partial charge < -0.3 is 8.85 Å². The summed E-state index contributed by atoms with van der Waals surface area (Å²) in [5.41, 5.74) is -0.0633. The third kappa shape index (κ3) is 8.71. The molecule has 1 fully saturated rings. The van der Waals surface area contributed by atoms with Gasteiger partial charge in [-0.1, -0.05) is 60.8 Å². The van der Waals surface area contributed by atoms with E-state index in [-0.39, 0.29) is 15.5 Å². The Hall–Kier alpha value is 0.0238. The SMILES string of the molecule is CC(C)(C)[Si](C)(C)OCCCCC1(CCCCO[Si](C)(C)C(C)(C)C)CCCCC1=O. The van der Waals surface area contributed by atoms with Crippen LogP contribution in [0.2, 0.25) is 36.3 Å². The van der Waals surface area contributed by atoms with Crippen LogP contribution < -0.4 is 0 Å². The van der Waals surface area contributed by atoms with Crippen molar-refractivity contribution in [2.24, 2.45) is 5.41 Å². The second-order valence-corrected chi connectivity index (χ2v) is 22.7. The Bertz CT molecular complexity index is 520. The molecule has 3 nitrogen and oxygen atoms in total. The van der Waals surface area contributed by atoms with Crippen molar-refractivity contribution in [3.05, 3.63) is 0 Å². The van der Waals surface area contributed by atoms with Crippen LogP contribution >= 0.6 is 0 Å². The summed E-state index contributed by atoms with van der Waals surface area (Å²) in [7, 11) is -3.33. The van der Waals surface area contributed by atoms with E-state index >= 15 is 0 Å². The average Bonchev–Trinajstić information content (AvgIpc) is 2.61. The molecule has 0 spiro atoms. The summed E-state index contributed by atoms with van der Waals surface area (Å²) < 4.78 is 12.7. The Balaban J connectivity index is 2.49. The molecule has 1 aliphatic carbocycles.